The highest BCUT2D eigenvalue weighted by atomic mass is 32.2. The number of rotatable bonds is 4. The SMILES string of the molecule is COC(CC(=O)O)C1CCSCC1. The molecule has 1 unspecified atom stereocenters. The van der Waals surface area contributed by atoms with Crippen molar-refractivity contribution in [1.29, 1.82) is 0 Å². The maximum absolute atomic E-state index is 10.5. The summed E-state index contributed by atoms with van der Waals surface area (Å²) in [6.45, 7) is 0. The molecule has 1 rings (SSSR count). The molecule has 0 aromatic carbocycles. The molecule has 13 heavy (non-hydrogen) atoms. The lowest BCUT2D eigenvalue weighted by molar-refractivity contribution is -0.140. The van der Waals surface area contributed by atoms with Crippen molar-refractivity contribution in [2.75, 3.05) is 18.6 Å². The summed E-state index contributed by atoms with van der Waals surface area (Å²) in [5.41, 5.74) is 0. The fourth-order valence-electron chi connectivity index (χ4n) is 1.70. The van der Waals surface area contributed by atoms with E-state index in [1.807, 2.05) is 11.8 Å². The van der Waals surface area contributed by atoms with Crippen molar-refractivity contribution in [3.63, 3.8) is 0 Å². The van der Waals surface area contributed by atoms with Gasteiger partial charge in [-0.3, -0.25) is 4.79 Å². The predicted molar refractivity (Wildman–Crippen MR) is 53.1 cm³/mol. The van der Waals surface area contributed by atoms with Crippen LogP contribution in [0.5, 0.6) is 0 Å². The number of aliphatic carboxylic acids is 1. The Morgan fingerprint density at radius 2 is 2.23 bits per heavy atom. The first kappa shape index (κ1) is 10.9. The standard InChI is InChI=1S/C9H16O3S/c1-12-8(6-9(10)11)7-2-4-13-5-3-7/h7-8H,2-6H2,1H3,(H,10,11). The third-order valence-electron chi connectivity index (χ3n) is 2.47. The lowest BCUT2D eigenvalue weighted by atomic mass is 9.94. The van der Waals surface area contributed by atoms with Gasteiger partial charge in [-0.05, 0) is 30.3 Å². The van der Waals surface area contributed by atoms with Crippen molar-refractivity contribution in [1.82, 2.24) is 0 Å². The molecule has 1 N–H and O–H groups in total. The average Bonchev–Trinajstić information content (AvgIpc) is 2.15. The molecule has 3 nitrogen and oxygen atoms in total. The van der Waals surface area contributed by atoms with Gasteiger partial charge in [-0.2, -0.15) is 11.8 Å². The third kappa shape index (κ3) is 3.56. The second-order valence-electron chi connectivity index (χ2n) is 3.32. The molecule has 4 heteroatoms. The molecule has 0 aliphatic carbocycles. The van der Waals surface area contributed by atoms with Crippen LogP contribution in [0.1, 0.15) is 19.3 Å². The van der Waals surface area contributed by atoms with Crippen molar-refractivity contribution in [3.05, 3.63) is 0 Å². The Morgan fingerprint density at radius 3 is 2.69 bits per heavy atom. The van der Waals surface area contributed by atoms with Crippen molar-refractivity contribution in [2.24, 2.45) is 5.92 Å². The van der Waals surface area contributed by atoms with Crippen LogP contribution in [0.3, 0.4) is 0 Å². The predicted octanol–water partition coefficient (Wildman–Crippen LogP) is 1.62. The molecule has 1 fully saturated rings. The molecule has 0 amide bonds. The third-order valence-corrected chi connectivity index (χ3v) is 3.52. The number of methoxy groups -OCH3 is 1. The molecule has 0 aromatic rings. The quantitative estimate of drug-likeness (QED) is 0.756. The lowest BCUT2D eigenvalue weighted by Crippen LogP contribution is -2.28. The summed E-state index contributed by atoms with van der Waals surface area (Å²) in [5, 5.41) is 8.66. The van der Waals surface area contributed by atoms with E-state index in [2.05, 4.69) is 0 Å². The van der Waals surface area contributed by atoms with Gasteiger partial charge >= 0.3 is 5.97 Å². The molecule has 0 radical (unpaired) electrons. The van der Waals surface area contributed by atoms with Crippen LogP contribution in [0, 0.1) is 5.92 Å². The van der Waals surface area contributed by atoms with Gasteiger partial charge in [-0.1, -0.05) is 0 Å². The Morgan fingerprint density at radius 1 is 1.62 bits per heavy atom. The van der Waals surface area contributed by atoms with Crippen molar-refractivity contribution in [3.8, 4) is 0 Å². The Kier molecular flexibility index (Phi) is 4.59. The van der Waals surface area contributed by atoms with E-state index in [1.54, 1.807) is 7.11 Å². The molecule has 1 atom stereocenters. The van der Waals surface area contributed by atoms with Crippen LogP contribution < -0.4 is 0 Å². The maximum atomic E-state index is 10.5. The van der Waals surface area contributed by atoms with Crippen LogP contribution in [-0.2, 0) is 9.53 Å². The van der Waals surface area contributed by atoms with Gasteiger partial charge in [0.1, 0.15) is 0 Å². The van der Waals surface area contributed by atoms with Crippen molar-refractivity contribution >= 4 is 17.7 Å². The average molecular weight is 204 g/mol. The van der Waals surface area contributed by atoms with Crippen LogP contribution in [0.2, 0.25) is 0 Å². The molecule has 0 spiro atoms. The van der Waals surface area contributed by atoms with Crippen molar-refractivity contribution < 1.29 is 14.6 Å². The zero-order valence-corrected chi connectivity index (χ0v) is 8.68. The molecular weight excluding hydrogens is 188 g/mol. The van der Waals surface area contributed by atoms with Crippen LogP contribution in [0.4, 0.5) is 0 Å². The summed E-state index contributed by atoms with van der Waals surface area (Å²) < 4.78 is 5.21. The summed E-state index contributed by atoms with van der Waals surface area (Å²) in [7, 11) is 1.61. The number of carbonyl (C=O) groups is 1. The highest BCUT2D eigenvalue weighted by Crippen LogP contribution is 2.28. The highest BCUT2D eigenvalue weighted by Gasteiger charge is 2.25. The van der Waals surface area contributed by atoms with Gasteiger partial charge in [0.2, 0.25) is 0 Å². The van der Waals surface area contributed by atoms with E-state index in [0.717, 1.165) is 24.3 Å². The number of hydrogen-bond donors (Lipinski definition) is 1. The molecule has 1 aliphatic heterocycles. The summed E-state index contributed by atoms with van der Waals surface area (Å²) in [6.07, 6.45) is 2.25. The second kappa shape index (κ2) is 5.50. The normalized spacial score (nSPS) is 21.3. The second-order valence-corrected chi connectivity index (χ2v) is 4.55. The van der Waals surface area contributed by atoms with Gasteiger partial charge in [-0.25, -0.2) is 0 Å². The van der Waals surface area contributed by atoms with E-state index in [0.29, 0.717) is 5.92 Å². The van der Waals surface area contributed by atoms with Crippen LogP contribution >= 0.6 is 11.8 Å². The fraction of sp³-hybridized carbons (Fsp3) is 0.889. The number of thioether (sulfide) groups is 1. The summed E-state index contributed by atoms with van der Waals surface area (Å²) in [6, 6.07) is 0. The van der Waals surface area contributed by atoms with Crippen LogP contribution in [0.15, 0.2) is 0 Å². The first-order valence-corrected chi connectivity index (χ1v) is 5.72. The van der Waals surface area contributed by atoms with Gasteiger partial charge in [0, 0.05) is 7.11 Å². The number of carboxylic acid groups (broad SMARTS) is 1. The minimum absolute atomic E-state index is 0.0848. The van der Waals surface area contributed by atoms with Crippen LogP contribution in [-0.4, -0.2) is 35.8 Å². The molecule has 1 saturated heterocycles. The molecule has 1 aliphatic rings. The minimum atomic E-state index is -0.759. The molecule has 0 aromatic heterocycles. The molecule has 1 heterocycles. The summed E-state index contributed by atoms with van der Waals surface area (Å²) in [5.74, 6) is 1.97. The monoisotopic (exact) mass is 204 g/mol. The first-order chi connectivity index (χ1) is 6.24. The van der Waals surface area contributed by atoms with Gasteiger partial charge in [-0.15, -0.1) is 0 Å². The van der Waals surface area contributed by atoms with E-state index in [1.165, 1.54) is 0 Å². The van der Waals surface area contributed by atoms with Gasteiger partial charge < -0.3 is 9.84 Å². The zero-order valence-electron chi connectivity index (χ0n) is 7.86. The number of ether oxygens (including phenoxy) is 1. The van der Waals surface area contributed by atoms with Gasteiger partial charge in [0.25, 0.3) is 0 Å². The van der Waals surface area contributed by atoms with E-state index in [9.17, 15) is 4.79 Å². The van der Waals surface area contributed by atoms with Gasteiger partial charge in [0.15, 0.2) is 0 Å². The van der Waals surface area contributed by atoms with Crippen LogP contribution in [0.25, 0.3) is 0 Å². The highest BCUT2D eigenvalue weighted by molar-refractivity contribution is 7.99. The number of hydrogen-bond acceptors (Lipinski definition) is 3. The minimum Gasteiger partial charge on any atom is -0.481 e. The smallest absolute Gasteiger partial charge is 0.305 e. The van der Waals surface area contributed by atoms with E-state index < -0.39 is 5.97 Å². The molecule has 0 bridgehead atoms. The Labute approximate surface area is 82.8 Å². The van der Waals surface area contributed by atoms with Crippen molar-refractivity contribution in [2.45, 2.75) is 25.4 Å². The number of carboxylic acids is 1. The topological polar surface area (TPSA) is 46.5 Å². The Bertz CT molecular complexity index is 166. The Balaban J connectivity index is 2.39. The van der Waals surface area contributed by atoms with E-state index in [4.69, 9.17) is 9.84 Å². The zero-order chi connectivity index (χ0) is 9.68. The Hall–Kier alpha value is -0.220. The lowest BCUT2D eigenvalue weighted by Gasteiger charge is -2.27. The molecular formula is C9H16O3S. The summed E-state index contributed by atoms with van der Waals surface area (Å²) in [4.78, 5) is 10.5. The van der Waals surface area contributed by atoms with Gasteiger partial charge in [0.05, 0.1) is 12.5 Å². The molecule has 76 valence electrons. The largest absolute Gasteiger partial charge is 0.481 e. The summed E-state index contributed by atoms with van der Waals surface area (Å²) >= 11 is 1.94. The molecule has 0 saturated carbocycles. The maximum Gasteiger partial charge on any atom is 0.305 e. The van der Waals surface area contributed by atoms with E-state index >= 15 is 0 Å². The first-order valence-electron chi connectivity index (χ1n) is 4.56. The fourth-order valence-corrected chi connectivity index (χ4v) is 2.85. The van der Waals surface area contributed by atoms with E-state index in [-0.39, 0.29) is 12.5 Å².